The van der Waals surface area contributed by atoms with E-state index in [1.165, 1.54) is 25.7 Å². The zero-order chi connectivity index (χ0) is 10.5. The summed E-state index contributed by atoms with van der Waals surface area (Å²) in [4.78, 5) is 4.03. The second-order valence-electron chi connectivity index (χ2n) is 4.62. The Bertz CT molecular complexity index is 268. The molecule has 0 saturated heterocycles. The lowest BCUT2D eigenvalue weighted by atomic mass is 10.1. The molecular weight excluding hydrogens is 186 g/mol. The van der Waals surface area contributed by atoms with Gasteiger partial charge in [0.15, 0.2) is 0 Å². The Hall–Kier alpha value is -0.830. The van der Waals surface area contributed by atoms with Crippen molar-refractivity contribution in [3.63, 3.8) is 0 Å². The largest absolute Gasteiger partial charge is 0.337 e. The normalized spacial score (nSPS) is 25.9. The minimum atomic E-state index is 0.771. The molecule has 0 spiro atoms. The van der Waals surface area contributed by atoms with Crippen LogP contribution in [0.1, 0.15) is 32.6 Å². The van der Waals surface area contributed by atoms with Crippen molar-refractivity contribution in [2.45, 2.75) is 45.2 Å². The molecule has 0 unspecified atom stereocenters. The van der Waals surface area contributed by atoms with E-state index < -0.39 is 0 Å². The SMILES string of the molecule is C[C@@H]1CCC[C@H]1NCCCn1ccnc1. The number of aryl methyl sites for hydroxylation is 1. The number of imidazole rings is 1. The lowest BCUT2D eigenvalue weighted by molar-refractivity contribution is 0.417. The molecule has 1 aromatic rings. The van der Waals surface area contributed by atoms with Gasteiger partial charge in [-0.25, -0.2) is 4.98 Å². The highest BCUT2D eigenvalue weighted by molar-refractivity contribution is 4.80. The van der Waals surface area contributed by atoms with E-state index in [1.807, 2.05) is 18.7 Å². The van der Waals surface area contributed by atoms with Crippen molar-refractivity contribution in [2.75, 3.05) is 6.54 Å². The molecule has 84 valence electrons. The van der Waals surface area contributed by atoms with E-state index in [0.717, 1.165) is 25.0 Å². The summed E-state index contributed by atoms with van der Waals surface area (Å²) in [5.74, 6) is 0.873. The Morgan fingerprint density at radius 3 is 3.07 bits per heavy atom. The van der Waals surface area contributed by atoms with Crippen LogP contribution < -0.4 is 5.32 Å². The summed E-state index contributed by atoms with van der Waals surface area (Å²) in [5.41, 5.74) is 0. The number of nitrogens with one attached hydrogen (secondary N) is 1. The predicted molar refractivity (Wildman–Crippen MR) is 61.6 cm³/mol. The van der Waals surface area contributed by atoms with Crippen LogP contribution in [0, 0.1) is 5.92 Å². The second kappa shape index (κ2) is 5.31. The molecule has 0 aromatic carbocycles. The van der Waals surface area contributed by atoms with Crippen LogP contribution >= 0.6 is 0 Å². The van der Waals surface area contributed by atoms with E-state index in [2.05, 4.69) is 21.8 Å². The number of nitrogens with zero attached hydrogens (tertiary/aromatic N) is 2. The standard InChI is InChI=1S/C12H21N3/c1-11-4-2-5-12(11)14-6-3-8-15-9-7-13-10-15/h7,9-12,14H,2-6,8H2,1H3/t11-,12-/m1/s1. The van der Waals surface area contributed by atoms with Crippen LogP contribution in [0.2, 0.25) is 0 Å². The van der Waals surface area contributed by atoms with Gasteiger partial charge in [0, 0.05) is 25.0 Å². The molecule has 2 rings (SSSR count). The summed E-state index contributed by atoms with van der Waals surface area (Å²) in [5, 5.41) is 3.66. The van der Waals surface area contributed by atoms with Gasteiger partial charge in [0.2, 0.25) is 0 Å². The molecule has 1 saturated carbocycles. The Kier molecular flexibility index (Phi) is 3.78. The van der Waals surface area contributed by atoms with Crippen LogP contribution in [-0.4, -0.2) is 22.1 Å². The van der Waals surface area contributed by atoms with Gasteiger partial charge in [-0.05, 0) is 31.7 Å². The maximum Gasteiger partial charge on any atom is 0.0945 e. The predicted octanol–water partition coefficient (Wildman–Crippen LogP) is 2.05. The number of hydrogen-bond acceptors (Lipinski definition) is 2. The van der Waals surface area contributed by atoms with Gasteiger partial charge < -0.3 is 9.88 Å². The first kappa shape index (κ1) is 10.7. The third-order valence-corrected chi connectivity index (χ3v) is 3.42. The Morgan fingerprint density at radius 2 is 2.40 bits per heavy atom. The minimum Gasteiger partial charge on any atom is -0.337 e. The first-order valence-electron chi connectivity index (χ1n) is 6.05. The van der Waals surface area contributed by atoms with Gasteiger partial charge in [-0.3, -0.25) is 0 Å². The highest BCUT2D eigenvalue weighted by Crippen LogP contribution is 2.24. The van der Waals surface area contributed by atoms with E-state index >= 15 is 0 Å². The monoisotopic (exact) mass is 207 g/mol. The lowest BCUT2D eigenvalue weighted by Gasteiger charge is -2.17. The third-order valence-electron chi connectivity index (χ3n) is 3.42. The van der Waals surface area contributed by atoms with Crippen LogP contribution in [0.3, 0.4) is 0 Å². The number of rotatable bonds is 5. The topological polar surface area (TPSA) is 29.9 Å². The van der Waals surface area contributed by atoms with Gasteiger partial charge >= 0.3 is 0 Å². The zero-order valence-electron chi connectivity index (χ0n) is 9.52. The first-order valence-corrected chi connectivity index (χ1v) is 6.05. The summed E-state index contributed by atoms with van der Waals surface area (Å²) in [7, 11) is 0. The first-order chi connectivity index (χ1) is 7.36. The van der Waals surface area contributed by atoms with Crippen LogP contribution in [-0.2, 0) is 6.54 Å². The van der Waals surface area contributed by atoms with Crippen molar-refractivity contribution in [3.8, 4) is 0 Å². The van der Waals surface area contributed by atoms with Crippen molar-refractivity contribution in [1.29, 1.82) is 0 Å². The summed E-state index contributed by atoms with van der Waals surface area (Å²) in [6.45, 7) is 4.57. The molecule has 1 aliphatic carbocycles. The molecule has 1 heterocycles. The van der Waals surface area contributed by atoms with E-state index in [4.69, 9.17) is 0 Å². The molecule has 0 bridgehead atoms. The van der Waals surface area contributed by atoms with Crippen molar-refractivity contribution in [1.82, 2.24) is 14.9 Å². The van der Waals surface area contributed by atoms with Gasteiger partial charge in [-0.1, -0.05) is 13.3 Å². The van der Waals surface area contributed by atoms with Crippen molar-refractivity contribution in [2.24, 2.45) is 5.92 Å². The fourth-order valence-corrected chi connectivity index (χ4v) is 2.42. The Balaban J connectivity index is 1.59. The summed E-state index contributed by atoms with van der Waals surface area (Å²) >= 11 is 0. The quantitative estimate of drug-likeness (QED) is 0.749. The average Bonchev–Trinajstić information content (AvgIpc) is 2.85. The highest BCUT2D eigenvalue weighted by atomic mass is 15.0. The van der Waals surface area contributed by atoms with Crippen molar-refractivity contribution < 1.29 is 0 Å². The second-order valence-corrected chi connectivity index (χ2v) is 4.62. The molecule has 0 amide bonds. The fraction of sp³-hybridized carbons (Fsp3) is 0.750. The molecule has 1 aromatic heterocycles. The molecule has 1 fully saturated rings. The highest BCUT2D eigenvalue weighted by Gasteiger charge is 2.21. The van der Waals surface area contributed by atoms with Crippen molar-refractivity contribution >= 4 is 0 Å². The summed E-state index contributed by atoms with van der Waals surface area (Å²) in [6.07, 6.45) is 11.1. The molecule has 0 aliphatic heterocycles. The van der Waals surface area contributed by atoms with Crippen molar-refractivity contribution in [3.05, 3.63) is 18.7 Å². The van der Waals surface area contributed by atoms with E-state index in [9.17, 15) is 0 Å². The maximum atomic E-state index is 4.03. The molecule has 0 radical (unpaired) electrons. The number of hydrogen-bond donors (Lipinski definition) is 1. The number of aromatic nitrogens is 2. The lowest BCUT2D eigenvalue weighted by Crippen LogP contribution is -2.32. The van der Waals surface area contributed by atoms with Gasteiger partial charge in [-0.15, -0.1) is 0 Å². The van der Waals surface area contributed by atoms with Gasteiger partial charge in [0.1, 0.15) is 0 Å². The van der Waals surface area contributed by atoms with Crippen LogP contribution in [0.5, 0.6) is 0 Å². The Morgan fingerprint density at radius 1 is 1.47 bits per heavy atom. The molecule has 2 atom stereocenters. The average molecular weight is 207 g/mol. The van der Waals surface area contributed by atoms with E-state index in [-0.39, 0.29) is 0 Å². The molecule has 1 N–H and O–H groups in total. The third kappa shape index (κ3) is 3.06. The van der Waals surface area contributed by atoms with Gasteiger partial charge in [0.25, 0.3) is 0 Å². The van der Waals surface area contributed by atoms with E-state index in [0.29, 0.717) is 0 Å². The molecule has 15 heavy (non-hydrogen) atoms. The van der Waals surface area contributed by atoms with Gasteiger partial charge in [0.05, 0.1) is 6.33 Å². The van der Waals surface area contributed by atoms with Gasteiger partial charge in [-0.2, -0.15) is 0 Å². The molecule has 3 heteroatoms. The Labute approximate surface area is 91.9 Å². The summed E-state index contributed by atoms with van der Waals surface area (Å²) in [6, 6.07) is 0.771. The maximum absolute atomic E-state index is 4.03. The fourth-order valence-electron chi connectivity index (χ4n) is 2.42. The minimum absolute atomic E-state index is 0.771. The van der Waals surface area contributed by atoms with Crippen LogP contribution in [0.15, 0.2) is 18.7 Å². The zero-order valence-corrected chi connectivity index (χ0v) is 9.52. The molecule has 3 nitrogen and oxygen atoms in total. The summed E-state index contributed by atoms with van der Waals surface area (Å²) < 4.78 is 2.14. The van der Waals surface area contributed by atoms with Crippen LogP contribution in [0.4, 0.5) is 0 Å². The molecular formula is C12H21N3. The van der Waals surface area contributed by atoms with Crippen LogP contribution in [0.25, 0.3) is 0 Å². The molecule has 1 aliphatic rings. The van der Waals surface area contributed by atoms with E-state index in [1.54, 1.807) is 0 Å². The smallest absolute Gasteiger partial charge is 0.0945 e.